The number of alkyl halides is 1. The lowest BCUT2D eigenvalue weighted by Crippen LogP contribution is -1.97. The molecular formula is C10H10BrCl3. The second-order valence-electron chi connectivity index (χ2n) is 3.35. The number of benzene rings is 1. The van der Waals surface area contributed by atoms with Gasteiger partial charge in [-0.25, -0.2) is 0 Å². The van der Waals surface area contributed by atoms with Crippen molar-refractivity contribution in [2.24, 2.45) is 0 Å². The van der Waals surface area contributed by atoms with Gasteiger partial charge < -0.3 is 0 Å². The standard InChI is InChI=1S/C10H10BrCl3/c1-5(2)8-6(4-12)3-7(13)10(14)9(8)11/h3,5H,4H2,1-2H3. The maximum atomic E-state index is 6.03. The first-order valence-electron chi connectivity index (χ1n) is 4.21. The van der Waals surface area contributed by atoms with E-state index in [-0.39, 0.29) is 0 Å². The largest absolute Gasteiger partial charge is 0.122 e. The van der Waals surface area contributed by atoms with Gasteiger partial charge in [-0.15, -0.1) is 11.6 Å². The lowest BCUT2D eigenvalue weighted by molar-refractivity contribution is 0.848. The second kappa shape index (κ2) is 5.07. The number of rotatable bonds is 2. The second-order valence-corrected chi connectivity index (χ2v) is 5.19. The summed E-state index contributed by atoms with van der Waals surface area (Å²) in [6, 6.07) is 1.83. The van der Waals surface area contributed by atoms with Gasteiger partial charge in [0.05, 0.1) is 10.0 Å². The monoisotopic (exact) mass is 314 g/mol. The lowest BCUT2D eigenvalue weighted by Gasteiger charge is -2.15. The molecule has 0 spiro atoms. The lowest BCUT2D eigenvalue weighted by atomic mass is 9.98. The molecule has 0 aromatic heterocycles. The molecule has 0 amide bonds. The summed E-state index contributed by atoms with van der Waals surface area (Å²) >= 11 is 21.3. The Hall–Kier alpha value is 0.570. The van der Waals surface area contributed by atoms with Gasteiger partial charge in [0.2, 0.25) is 0 Å². The Kier molecular flexibility index (Phi) is 4.57. The fourth-order valence-corrected chi connectivity index (χ4v) is 3.04. The maximum Gasteiger partial charge on any atom is 0.0737 e. The summed E-state index contributed by atoms with van der Waals surface area (Å²) in [5.41, 5.74) is 2.16. The molecule has 0 bridgehead atoms. The molecule has 0 saturated heterocycles. The number of halogens is 4. The van der Waals surface area contributed by atoms with Crippen LogP contribution in [0.25, 0.3) is 0 Å². The van der Waals surface area contributed by atoms with E-state index in [4.69, 9.17) is 34.8 Å². The van der Waals surface area contributed by atoms with Gasteiger partial charge in [-0.05, 0) is 39.0 Å². The van der Waals surface area contributed by atoms with Crippen molar-refractivity contribution in [2.75, 3.05) is 0 Å². The van der Waals surface area contributed by atoms with E-state index in [0.29, 0.717) is 21.8 Å². The highest BCUT2D eigenvalue weighted by Crippen LogP contribution is 2.39. The van der Waals surface area contributed by atoms with Crippen LogP contribution in [0.3, 0.4) is 0 Å². The third-order valence-electron chi connectivity index (χ3n) is 2.01. The summed E-state index contributed by atoms with van der Waals surface area (Å²) < 4.78 is 0.859. The van der Waals surface area contributed by atoms with E-state index in [2.05, 4.69) is 29.8 Å². The van der Waals surface area contributed by atoms with Crippen LogP contribution in [0.5, 0.6) is 0 Å². The molecule has 1 rings (SSSR count). The van der Waals surface area contributed by atoms with E-state index >= 15 is 0 Å². The molecule has 0 aliphatic heterocycles. The topological polar surface area (TPSA) is 0 Å². The predicted molar refractivity (Wildman–Crippen MR) is 67.8 cm³/mol. The minimum atomic E-state index is 0.368. The van der Waals surface area contributed by atoms with Gasteiger partial charge in [-0.3, -0.25) is 0 Å². The molecule has 0 nitrogen and oxygen atoms in total. The van der Waals surface area contributed by atoms with Crippen LogP contribution in [-0.2, 0) is 5.88 Å². The molecule has 1 aromatic rings. The molecule has 0 N–H and O–H groups in total. The van der Waals surface area contributed by atoms with Gasteiger partial charge in [-0.1, -0.05) is 37.0 Å². The molecular weight excluding hydrogens is 306 g/mol. The molecule has 0 saturated carbocycles. The predicted octanol–water partition coefficient (Wildman–Crippen LogP) is 5.62. The van der Waals surface area contributed by atoms with Gasteiger partial charge in [0.1, 0.15) is 0 Å². The molecule has 78 valence electrons. The van der Waals surface area contributed by atoms with Crippen molar-refractivity contribution in [1.29, 1.82) is 0 Å². The molecule has 14 heavy (non-hydrogen) atoms. The van der Waals surface area contributed by atoms with E-state index < -0.39 is 0 Å². The Morgan fingerprint density at radius 1 is 1.36 bits per heavy atom. The van der Waals surface area contributed by atoms with Gasteiger partial charge in [0, 0.05) is 10.4 Å². The average molecular weight is 316 g/mol. The first-order valence-corrected chi connectivity index (χ1v) is 6.29. The van der Waals surface area contributed by atoms with Crippen LogP contribution in [-0.4, -0.2) is 0 Å². The van der Waals surface area contributed by atoms with E-state index in [1.54, 1.807) is 0 Å². The van der Waals surface area contributed by atoms with Crippen LogP contribution in [0.4, 0.5) is 0 Å². The van der Waals surface area contributed by atoms with Crippen molar-refractivity contribution in [3.05, 3.63) is 31.7 Å². The number of hydrogen-bond donors (Lipinski definition) is 0. The van der Waals surface area contributed by atoms with Crippen molar-refractivity contribution in [3.63, 3.8) is 0 Å². The van der Waals surface area contributed by atoms with Crippen molar-refractivity contribution in [2.45, 2.75) is 25.6 Å². The molecule has 0 heterocycles. The van der Waals surface area contributed by atoms with Crippen LogP contribution in [0.2, 0.25) is 10.0 Å². The molecule has 0 aliphatic carbocycles. The summed E-state index contributed by atoms with van der Waals surface area (Å²) in [5, 5.41) is 1.10. The van der Waals surface area contributed by atoms with Crippen LogP contribution in [0, 0.1) is 0 Å². The van der Waals surface area contributed by atoms with Crippen LogP contribution in [0.15, 0.2) is 10.5 Å². The Morgan fingerprint density at radius 3 is 2.36 bits per heavy atom. The van der Waals surface area contributed by atoms with Crippen LogP contribution in [0.1, 0.15) is 30.9 Å². The minimum Gasteiger partial charge on any atom is -0.122 e. The highest BCUT2D eigenvalue weighted by Gasteiger charge is 2.15. The van der Waals surface area contributed by atoms with Crippen molar-refractivity contribution in [1.82, 2.24) is 0 Å². The average Bonchev–Trinajstić information content (AvgIpc) is 2.12. The summed E-state index contributed by atoms with van der Waals surface area (Å²) in [7, 11) is 0. The molecule has 0 aliphatic rings. The Balaban J connectivity index is 3.45. The zero-order valence-electron chi connectivity index (χ0n) is 7.87. The van der Waals surface area contributed by atoms with Gasteiger partial charge in [0.25, 0.3) is 0 Å². The fraction of sp³-hybridized carbons (Fsp3) is 0.400. The molecule has 4 heteroatoms. The molecule has 1 aromatic carbocycles. The minimum absolute atomic E-state index is 0.368. The van der Waals surface area contributed by atoms with Crippen molar-refractivity contribution < 1.29 is 0 Å². The SMILES string of the molecule is CC(C)c1c(CCl)cc(Cl)c(Cl)c1Br. The third-order valence-corrected chi connectivity index (χ3v) is 4.13. The van der Waals surface area contributed by atoms with E-state index in [1.807, 2.05) is 6.07 Å². The summed E-state index contributed by atoms with van der Waals surface area (Å²) in [4.78, 5) is 0. The highest BCUT2D eigenvalue weighted by atomic mass is 79.9. The van der Waals surface area contributed by atoms with Crippen LogP contribution >= 0.6 is 50.7 Å². The first-order chi connectivity index (χ1) is 6.49. The summed E-state index contributed by atoms with van der Waals surface area (Å²) in [6.07, 6.45) is 0. The molecule has 0 fully saturated rings. The Morgan fingerprint density at radius 2 is 1.93 bits per heavy atom. The Labute approximate surface area is 108 Å². The fourth-order valence-electron chi connectivity index (χ4n) is 1.39. The summed E-state index contributed by atoms with van der Waals surface area (Å²) in [6.45, 7) is 4.20. The van der Waals surface area contributed by atoms with Gasteiger partial charge in [-0.2, -0.15) is 0 Å². The van der Waals surface area contributed by atoms with Crippen molar-refractivity contribution >= 4 is 50.7 Å². The van der Waals surface area contributed by atoms with Crippen molar-refractivity contribution in [3.8, 4) is 0 Å². The zero-order valence-corrected chi connectivity index (χ0v) is 11.7. The zero-order chi connectivity index (χ0) is 10.9. The third kappa shape index (κ3) is 2.38. The quantitative estimate of drug-likeness (QED) is 0.491. The van der Waals surface area contributed by atoms with E-state index in [0.717, 1.165) is 15.6 Å². The van der Waals surface area contributed by atoms with Gasteiger partial charge in [0.15, 0.2) is 0 Å². The van der Waals surface area contributed by atoms with E-state index in [9.17, 15) is 0 Å². The number of hydrogen-bond acceptors (Lipinski definition) is 0. The summed E-state index contributed by atoms with van der Waals surface area (Å²) in [5.74, 6) is 0.816. The molecule has 0 radical (unpaired) electrons. The maximum absolute atomic E-state index is 6.03. The normalized spacial score (nSPS) is 11.1. The molecule has 0 atom stereocenters. The van der Waals surface area contributed by atoms with Crippen LogP contribution < -0.4 is 0 Å². The van der Waals surface area contributed by atoms with Gasteiger partial charge >= 0.3 is 0 Å². The molecule has 0 unspecified atom stereocenters. The Bertz CT molecular complexity index is 348. The highest BCUT2D eigenvalue weighted by molar-refractivity contribution is 9.10. The smallest absolute Gasteiger partial charge is 0.0737 e. The van der Waals surface area contributed by atoms with E-state index in [1.165, 1.54) is 0 Å². The first kappa shape index (κ1) is 12.6.